The maximum atomic E-state index is 5.81. The summed E-state index contributed by atoms with van der Waals surface area (Å²) in [6, 6.07) is 0. The summed E-state index contributed by atoms with van der Waals surface area (Å²) in [6.45, 7) is 12.8. The number of allylic oxidation sites excluding steroid dienone is 3. The third kappa shape index (κ3) is 7.38. The topological polar surface area (TPSA) is 35.2 Å². The second kappa shape index (κ2) is 6.62. The molecule has 0 aliphatic rings. The monoisotopic (exact) mass is 225 g/mol. The van der Waals surface area contributed by atoms with Crippen molar-refractivity contribution in [3.05, 3.63) is 23.8 Å². The van der Waals surface area contributed by atoms with E-state index in [9.17, 15) is 0 Å². The van der Waals surface area contributed by atoms with E-state index in [0.29, 0.717) is 11.3 Å². The molecular formula is C14H27NO. The lowest BCUT2D eigenvalue weighted by Gasteiger charge is -2.18. The molecule has 94 valence electrons. The lowest BCUT2D eigenvalue weighted by molar-refractivity contribution is 0.290. The summed E-state index contributed by atoms with van der Waals surface area (Å²) in [5.74, 6) is 1.33. The first-order chi connectivity index (χ1) is 7.26. The number of rotatable bonds is 5. The fraction of sp³-hybridized carbons (Fsp3) is 0.714. The predicted molar refractivity (Wildman–Crippen MR) is 70.6 cm³/mol. The van der Waals surface area contributed by atoms with Crippen molar-refractivity contribution in [1.29, 1.82) is 0 Å². The van der Waals surface area contributed by atoms with Crippen LogP contribution in [0.4, 0.5) is 0 Å². The molecule has 0 aliphatic carbocycles. The molecule has 0 heterocycles. The molecule has 0 saturated carbocycles. The van der Waals surface area contributed by atoms with Crippen molar-refractivity contribution < 1.29 is 4.74 Å². The molecule has 2 heteroatoms. The van der Waals surface area contributed by atoms with Gasteiger partial charge in [0.15, 0.2) is 0 Å². The van der Waals surface area contributed by atoms with Crippen molar-refractivity contribution in [2.24, 2.45) is 17.1 Å². The summed E-state index contributed by atoms with van der Waals surface area (Å²) in [6.07, 6.45) is 5.75. The zero-order chi connectivity index (χ0) is 12.8. The van der Waals surface area contributed by atoms with Crippen molar-refractivity contribution in [2.45, 2.75) is 54.4 Å². The van der Waals surface area contributed by atoms with Gasteiger partial charge in [0.25, 0.3) is 0 Å². The molecule has 0 unspecified atom stereocenters. The van der Waals surface area contributed by atoms with Gasteiger partial charge in [0.2, 0.25) is 0 Å². The van der Waals surface area contributed by atoms with Gasteiger partial charge in [0, 0.05) is 12.1 Å². The smallest absolute Gasteiger partial charge is 0.109 e. The molecule has 2 nitrogen and oxygen atoms in total. The molecule has 0 radical (unpaired) electrons. The Morgan fingerprint density at radius 2 is 1.88 bits per heavy atom. The Balaban J connectivity index is 4.19. The molecule has 0 aromatic heterocycles. The Bertz CT molecular complexity index is 256. The largest absolute Gasteiger partial charge is 0.468 e. The molecule has 0 bridgehead atoms. The molecule has 2 N–H and O–H groups in total. The van der Waals surface area contributed by atoms with Gasteiger partial charge < -0.3 is 10.5 Å². The van der Waals surface area contributed by atoms with Crippen molar-refractivity contribution >= 4 is 0 Å². The van der Waals surface area contributed by atoms with E-state index >= 15 is 0 Å². The number of ether oxygens (including phenoxy) is 1. The highest BCUT2D eigenvalue weighted by Crippen LogP contribution is 2.24. The Labute approximate surface area is 101 Å². The second-order valence-electron chi connectivity index (χ2n) is 5.71. The van der Waals surface area contributed by atoms with Crippen molar-refractivity contribution in [3.8, 4) is 0 Å². The van der Waals surface area contributed by atoms with E-state index in [2.05, 4.69) is 34.6 Å². The van der Waals surface area contributed by atoms with Crippen LogP contribution < -0.4 is 5.73 Å². The molecule has 0 saturated heterocycles. The molecule has 0 rings (SSSR count). The molecule has 0 aromatic rings. The van der Waals surface area contributed by atoms with Crippen molar-refractivity contribution in [2.75, 3.05) is 0 Å². The molecule has 16 heavy (non-hydrogen) atoms. The van der Waals surface area contributed by atoms with Gasteiger partial charge >= 0.3 is 0 Å². The van der Waals surface area contributed by atoms with E-state index < -0.39 is 0 Å². The van der Waals surface area contributed by atoms with Crippen LogP contribution in [0.15, 0.2) is 23.8 Å². The van der Waals surface area contributed by atoms with Gasteiger partial charge in [-0.3, -0.25) is 0 Å². The normalized spacial score (nSPS) is 14.4. The van der Waals surface area contributed by atoms with Gasteiger partial charge in [-0.05, 0) is 30.8 Å². The van der Waals surface area contributed by atoms with Crippen LogP contribution in [0.3, 0.4) is 0 Å². The minimum absolute atomic E-state index is 0.334. The second-order valence-corrected chi connectivity index (χ2v) is 5.71. The Morgan fingerprint density at radius 1 is 1.31 bits per heavy atom. The van der Waals surface area contributed by atoms with Gasteiger partial charge in [0.05, 0.1) is 5.76 Å². The number of hydrogen-bond donors (Lipinski definition) is 1. The van der Waals surface area contributed by atoms with Gasteiger partial charge in [-0.2, -0.15) is 0 Å². The standard InChI is InChI=1S/C14H27NO/c1-7-12(8-9-14(4,5)6)16-10-13(15)11(2)3/h7,10-11H,8-9,15H2,1-6H3/b12-7-,13-10-. The van der Waals surface area contributed by atoms with Crippen LogP contribution in [-0.4, -0.2) is 0 Å². The number of nitrogens with two attached hydrogens (primary N) is 1. The van der Waals surface area contributed by atoms with Crippen LogP contribution in [-0.2, 0) is 4.74 Å². The highest BCUT2D eigenvalue weighted by molar-refractivity contribution is 5.00. The molecule has 0 fully saturated rings. The van der Waals surface area contributed by atoms with E-state index in [1.54, 1.807) is 6.26 Å². The van der Waals surface area contributed by atoms with Crippen LogP contribution in [0, 0.1) is 11.3 Å². The van der Waals surface area contributed by atoms with E-state index in [4.69, 9.17) is 10.5 Å². The lowest BCUT2D eigenvalue weighted by atomic mass is 9.90. The summed E-state index contributed by atoms with van der Waals surface area (Å²) in [5.41, 5.74) is 6.94. The van der Waals surface area contributed by atoms with Crippen LogP contribution in [0.1, 0.15) is 54.4 Å². The fourth-order valence-electron chi connectivity index (χ4n) is 1.05. The summed E-state index contributed by atoms with van der Waals surface area (Å²) in [5, 5.41) is 0. The van der Waals surface area contributed by atoms with E-state index in [1.807, 2.05) is 13.0 Å². The minimum Gasteiger partial charge on any atom is -0.468 e. The van der Waals surface area contributed by atoms with Crippen LogP contribution in [0.2, 0.25) is 0 Å². The van der Waals surface area contributed by atoms with Gasteiger partial charge in [-0.25, -0.2) is 0 Å². The predicted octanol–water partition coefficient (Wildman–Crippen LogP) is 4.19. The maximum absolute atomic E-state index is 5.81. The van der Waals surface area contributed by atoms with E-state index in [0.717, 1.165) is 24.3 Å². The highest BCUT2D eigenvalue weighted by Gasteiger charge is 2.11. The van der Waals surface area contributed by atoms with Crippen LogP contribution >= 0.6 is 0 Å². The Kier molecular flexibility index (Phi) is 6.24. The quantitative estimate of drug-likeness (QED) is 0.712. The first-order valence-corrected chi connectivity index (χ1v) is 6.03. The van der Waals surface area contributed by atoms with Crippen molar-refractivity contribution in [3.63, 3.8) is 0 Å². The molecule has 0 aliphatic heterocycles. The third-order valence-corrected chi connectivity index (χ3v) is 2.46. The third-order valence-electron chi connectivity index (χ3n) is 2.46. The first-order valence-electron chi connectivity index (χ1n) is 6.03. The molecule has 0 aromatic carbocycles. The first kappa shape index (κ1) is 15.1. The summed E-state index contributed by atoms with van der Waals surface area (Å²) in [7, 11) is 0. The zero-order valence-electron chi connectivity index (χ0n) is 11.6. The zero-order valence-corrected chi connectivity index (χ0v) is 11.6. The Morgan fingerprint density at radius 3 is 2.25 bits per heavy atom. The van der Waals surface area contributed by atoms with Crippen LogP contribution in [0.5, 0.6) is 0 Å². The van der Waals surface area contributed by atoms with Gasteiger partial charge in [-0.1, -0.05) is 34.6 Å². The van der Waals surface area contributed by atoms with Crippen LogP contribution in [0.25, 0.3) is 0 Å². The molecule has 0 spiro atoms. The maximum Gasteiger partial charge on any atom is 0.109 e. The lowest BCUT2D eigenvalue weighted by Crippen LogP contribution is -2.07. The molecule has 0 atom stereocenters. The average molecular weight is 225 g/mol. The van der Waals surface area contributed by atoms with Gasteiger partial charge in [0.1, 0.15) is 6.26 Å². The SMILES string of the molecule is C/C=C(/CCC(C)(C)C)O/C=C(\N)C(C)C. The van der Waals surface area contributed by atoms with Crippen molar-refractivity contribution in [1.82, 2.24) is 0 Å². The summed E-state index contributed by atoms with van der Waals surface area (Å²) >= 11 is 0. The van der Waals surface area contributed by atoms with E-state index in [1.165, 1.54) is 0 Å². The average Bonchev–Trinajstić information content (AvgIpc) is 2.15. The summed E-state index contributed by atoms with van der Waals surface area (Å²) in [4.78, 5) is 0. The van der Waals surface area contributed by atoms with E-state index in [-0.39, 0.29) is 0 Å². The fourth-order valence-corrected chi connectivity index (χ4v) is 1.05. The minimum atomic E-state index is 0.334. The Hall–Kier alpha value is -0.920. The highest BCUT2D eigenvalue weighted by atomic mass is 16.5. The molecule has 0 amide bonds. The number of hydrogen-bond acceptors (Lipinski definition) is 2. The van der Waals surface area contributed by atoms with Gasteiger partial charge in [-0.15, -0.1) is 0 Å². The summed E-state index contributed by atoms with van der Waals surface area (Å²) < 4.78 is 5.58. The molecular weight excluding hydrogens is 198 g/mol.